The third-order valence-electron chi connectivity index (χ3n) is 3.60. The first-order valence-corrected chi connectivity index (χ1v) is 8.72. The van der Waals surface area contributed by atoms with Gasteiger partial charge in [0.2, 0.25) is 10.1 Å². The number of aromatic nitrogens is 4. The lowest BCUT2D eigenvalue weighted by Gasteiger charge is -2.02. The maximum atomic E-state index is 5.89. The average molecular weight is 356 g/mol. The smallest absolute Gasteiger partial charge is 0.214 e. The van der Waals surface area contributed by atoms with Gasteiger partial charge >= 0.3 is 0 Å². The Kier molecular flexibility index (Phi) is 4.15. The van der Waals surface area contributed by atoms with Gasteiger partial charge in [-0.05, 0) is 36.2 Å². The Morgan fingerprint density at radius 3 is 2.79 bits per heavy atom. The lowest BCUT2D eigenvalue weighted by Crippen LogP contribution is -2.04. The lowest BCUT2D eigenvalue weighted by atomic mass is 10.1. The summed E-state index contributed by atoms with van der Waals surface area (Å²) >= 11 is 7.43. The molecule has 0 unspecified atom stereocenters. The SMILES string of the molecule is Clc1ccc(CCNc2nn3cc(-c4cccnc4)nc3s2)cc1. The van der Waals surface area contributed by atoms with Crippen LogP contribution in [-0.2, 0) is 6.42 Å². The van der Waals surface area contributed by atoms with Crippen molar-refractivity contribution in [1.82, 2.24) is 19.6 Å². The molecule has 120 valence electrons. The Bertz CT molecular complexity index is 915. The molecule has 3 aromatic heterocycles. The van der Waals surface area contributed by atoms with Crippen LogP contribution in [0.3, 0.4) is 0 Å². The highest BCUT2D eigenvalue weighted by Crippen LogP contribution is 2.23. The van der Waals surface area contributed by atoms with Crippen molar-refractivity contribution in [3.05, 3.63) is 65.6 Å². The Morgan fingerprint density at radius 1 is 1.17 bits per heavy atom. The number of nitrogens with zero attached hydrogens (tertiary/aromatic N) is 4. The van der Waals surface area contributed by atoms with E-state index in [1.54, 1.807) is 16.9 Å². The van der Waals surface area contributed by atoms with Gasteiger partial charge in [-0.25, -0.2) is 9.50 Å². The van der Waals surface area contributed by atoms with Crippen LogP contribution in [0.25, 0.3) is 16.2 Å². The highest BCUT2D eigenvalue weighted by molar-refractivity contribution is 7.20. The third kappa shape index (κ3) is 3.25. The summed E-state index contributed by atoms with van der Waals surface area (Å²) in [7, 11) is 0. The molecule has 7 heteroatoms. The van der Waals surface area contributed by atoms with Crippen molar-refractivity contribution in [1.29, 1.82) is 0 Å². The fraction of sp³-hybridized carbons (Fsp3) is 0.118. The predicted octanol–water partition coefficient (Wildman–Crippen LogP) is 4.16. The summed E-state index contributed by atoms with van der Waals surface area (Å²) in [6.45, 7) is 0.813. The molecule has 0 fully saturated rings. The minimum Gasteiger partial charge on any atom is -0.360 e. The first-order chi connectivity index (χ1) is 11.8. The minimum absolute atomic E-state index is 0.761. The van der Waals surface area contributed by atoms with Crippen molar-refractivity contribution >= 4 is 33.0 Å². The molecule has 3 heterocycles. The van der Waals surface area contributed by atoms with Crippen LogP contribution in [0, 0.1) is 0 Å². The van der Waals surface area contributed by atoms with Crippen LogP contribution in [0.4, 0.5) is 5.13 Å². The number of anilines is 1. The van der Waals surface area contributed by atoms with E-state index in [2.05, 4.69) is 20.4 Å². The van der Waals surface area contributed by atoms with Crippen LogP contribution in [0.1, 0.15) is 5.56 Å². The molecule has 5 nitrogen and oxygen atoms in total. The second-order valence-corrected chi connectivity index (χ2v) is 6.70. The summed E-state index contributed by atoms with van der Waals surface area (Å²) in [5, 5.41) is 9.49. The molecule has 0 saturated heterocycles. The standard InChI is InChI=1S/C17H14ClN5S/c18-14-5-3-12(4-6-14)7-9-20-16-22-23-11-15(21-17(23)24-16)13-2-1-8-19-10-13/h1-6,8,10-11H,7,9H2,(H,20,22). The zero-order valence-electron chi connectivity index (χ0n) is 12.7. The van der Waals surface area contributed by atoms with Gasteiger partial charge in [-0.2, -0.15) is 0 Å². The van der Waals surface area contributed by atoms with E-state index in [1.807, 2.05) is 42.6 Å². The summed E-state index contributed by atoms with van der Waals surface area (Å²) in [5.74, 6) is 0. The maximum Gasteiger partial charge on any atom is 0.214 e. The number of benzene rings is 1. The lowest BCUT2D eigenvalue weighted by molar-refractivity contribution is 0.948. The summed E-state index contributed by atoms with van der Waals surface area (Å²) in [4.78, 5) is 9.59. The van der Waals surface area contributed by atoms with Crippen LogP contribution in [0.15, 0.2) is 55.0 Å². The average Bonchev–Trinajstić information content (AvgIpc) is 3.16. The molecule has 0 radical (unpaired) electrons. The van der Waals surface area contributed by atoms with Crippen LogP contribution < -0.4 is 5.32 Å². The van der Waals surface area contributed by atoms with Gasteiger partial charge in [-0.3, -0.25) is 4.98 Å². The number of halogens is 1. The first-order valence-electron chi connectivity index (χ1n) is 7.53. The molecule has 1 aromatic carbocycles. The predicted molar refractivity (Wildman–Crippen MR) is 97.7 cm³/mol. The second kappa shape index (κ2) is 6.59. The Labute approximate surface area is 148 Å². The van der Waals surface area contributed by atoms with E-state index >= 15 is 0 Å². The molecule has 4 aromatic rings. The molecule has 0 spiro atoms. The summed E-state index contributed by atoms with van der Waals surface area (Å²) in [5.41, 5.74) is 3.12. The van der Waals surface area contributed by atoms with Crippen molar-refractivity contribution < 1.29 is 0 Å². The van der Waals surface area contributed by atoms with Gasteiger partial charge in [-0.1, -0.05) is 35.1 Å². The molecule has 0 aliphatic rings. The topological polar surface area (TPSA) is 55.1 Å². The molecular weight excluding hydrogens is 342 g/mol. The number of rotatable bonds is 5. The third-order valence-corrected chi connectivity index (χ3v) is 4.74. The Morgan fingerprint density at radius 2 is 2.04 bits per heavy atom. The van der Waals surface area contributed by atoms with Gasteiger partial charge in [0.25, 0.3) is 0 Å². The number of hydrogen-bond acceptors (Lipinski definition) is 5. The van der Waals surface area contributed by atoms with Gasteiger partial charge in [0.1, 0.15) is 0 Å². The molecule has 0 bridgehead atoms. The number of fused-ring (bicyclic) bond motifs is 1. The second-order valence-electron chi connectivity index (χ2n) is 5.31. The van der Waals surface area contributed by atoms with Crippen LogP contribution in [0.2, 0.25) is 5.02 Å². The van der Waals surface area contributed by atoms with Crippen molar-refractivity contribution in [3.63, 3.8) is 0 Å². The largest absolute Gasteiger partial charge is 0.360 e. The molecule has 1 N–H and O–H groups in total. The fourth-order valence-corrected chi connectivity index (χ4v) is 3.32. The van der Waals surface area contributed by atoms with Crippen molar-refractivity contribution in [3.8, 4) is 11.3 Å². The van der Waals surface area contributed by atoms with E-state index in [9.17, 15) is 0 Å². The number of pyridine rings is 1. The number of nitrogens with one attached hydrogen (secondary N) is 1. The Hall–Kier alpha value is -2.44. The molecular formula is C17H14ClN5S. The van der Waals surface area contributed by atoms with E-state index in [4.69, 9.17) is 11.6 Å². The van der Waals surface area contributed by atoms with E-state index in [0.717, 1.165) is 39.3 Å². The molecule has 0 saturated carbocycles. The van der Waals surface area contributed by atoms with E-state index in [0.29, 0.717) is 0 Å². The van der Waals surface area contributed by atoms with Crippen molar-refractivity contribution in [2.75, 3.05) is 11.9 Å². The van der Waals surface area contributed by atoms with Crippen LogP contribution in [-0.4, -0.2) is 26.1 Å². The quantitative estimate of drug-likeness (QED) is 0.584. The van der Waals surface area contributed by atoms with Crippen molar-refractivity contribution in [2.45, 2.75) is 6.42 Å². The molecule has 0 aliphatic heterocycles. The van der Waals surface area contributed by atoms with E-state index in [-0.39, 0.29) is 0 Å². The first kappa shape index (κ1) is 15.1. The normalized spacial score (nSPS) is 11.0. The molecule has 4 rings (SSSR count). The van der Waals surface area contributed by atoms with Gasteiger partial charge in [0.15, 0.2) is 0 Å². The van der Waals surface area contributed by atoms with E-state index in [1.165, 1.54) is 16.9 Å². The van der Waals surface area contributed by atoms with Gasteiger partial charge in [-0.15, -0.1) is 5.10 Å². The van der Waals surface area contributed by atoms with Gasteiger partial charge < -0.3 is 5.32 Å². The van der Waals surface area contributed by atoms with Gasteiger partial charge in [0.05, 0.1) is 11.9 Å². The highest BCUT2D eigenvalue weighted by atomic mass is 35.5. The fourth-order valence-electron chi connectivity index (χ4n) is 2.39. The van der Waals surface area contributed by atoms with Crippen LogP contribution in [0.5, 0.6) is 0 Å². The van der Waals surface area contributed by atoms with Crippen LogP contribution >= 0.6 is 22.9 Å². The van der Waals surface area contributed by atoms with Gasteiger partial charge in [0, 0.05) is 29.5 Å². The monoisotopic (exact) mass is 355 g/mol. The van der Waals surface area contributed by atoms with Crippen molar-refractivity contribution in [2.24, 2.45) is 0 Å². The zero-order chi connectivity index (χ0) is 16.4. The number of imidazole rings is 1. The summed E-state index contributed by atoms with van der Waals surface area (Å²) < 4.78 is 1.80. The zero-order valence-corrected chi connectivity index (χ0v) is 14.3. The maximum absolute atomic E-state index is 5.89. The summed E-state index contributed by atoms with van der Waals surface area (Å²) in [6.07, 6.45) is 6.40. The molecule has 0 amide bonds. The van der Waals surface area contributed by atoms with E-state index < -0.39 is 0 Å². The molecule has 0 aliphatic carbocycles. The molecule has 24 heavy (non-hydrogen) atoms. The Balaban J connectivity index is 1.42. The molecule has 0 atom stereocenters. The highest BCUT2D eigenvalue weighted by Gasteiger charge is 2.09. The number of hydrogen-bond donors (Lipinski definition) is 1. The minimum atomic E-state index is 0.761. The summed E-state index contributed by atoms with van der Waals surface area (Å²) in [6, 6.07) is 11.8.